The number of phenols is 4. The normalized spacial score (nSPS) is 20.6. The fraction of sp³-hybridized carbons (Fsp3) is 0.231. The summed E-state index contributed by atoms with van der Waals surface area (Å²) in [6.45, 7) is 0. The van der Waals surface area contributed by atoms with Crippen molar-refractivity contribution < 1.29 is 33.7 Å². The van der Waals surface area contributed by atoms with Crippen molar-refractivity contribution in [1.82, 2.24) is 0 Å². The van der Waals surface area contributed by atoms with Crippen LogP contribution in [-0.4, -0.2) is 33.7 Å². The molecule has 8 rings (SSSR count). The largest absolute Gasteiger partial charge is 0.507 e. The van der Waals surface area contributed by atoms with Crippen molar-refractivity contribution in [3.05, 3.63) is 34.4 Å². The minimum atomic E-state index is -5.89. The third-order valence-electron chi connectivity index (χ3n) is 8.32. The number of phenolic OH excluding ortho intramolecular Hbond substituents is 4. The highest BCUT2D eigenvalue weighted by molar-refractivity contribution is 8.11. The third-order valence-corrected chi connectivity index (χ3v) is 10.6. The van der Waals surface area contributed by atoms with Crippen LogP contribution in [0, 0.1) is 0 Å². The quantitative estimate of drug-likeness (QED) is 0.136. The molecule has 0 bridgehead atoms. The third kappa shape index (κ3) is 1.73. The van der Waals surface area contributed by atoms with Gasteiger partial charge in [-0.25, -0.2) is 4.21 Å². The number of aryl methyl sites for hydroxylation is 4. The second kappa shape index (κ2) is 5.17. The van der Waals surface area contributed by atoms with E-state index in [-0.39, 0.29) is 22.3 Å². The molecule has 0 saturated heterocycles. The highest BCUT2D eigenvalue weighted by Crippen LogP contribution is 2.66. The van der Waals surface area contributed by atoms with Crippen LogP contribution in [0.4, 0.5) is 0 Å². The SMILES string of the molecule is O=S1(O)(O)c2c(O)c3c4c(cc(O)c5c6c(O)cc7c8c(c(O)c1c(c2c45)c86)CCC7)CCC3. The Labute approximate surface area is 192 Å². The molecule has 3 aliphatic rings. The average Bonchev–Trinajstić information content (AvgIpc) is 2.99. The van der Waals surface area contributed by atoms with Crippen molar-refractivity contribution in [2.24, 2.45) is 0 Å². The number of hydrogen-bond donors (Lipinski definition) is 6. The van der Waals surface area contributed by atoms with E-state index in [1.807, 2.05) is 0 Å². The van der Waals surface area contributed by atoms with Gasteiger partial charge in [-0.3, -0.25) is 0 Å². The van der Waals surface area contributed by atoms with Gasteiger partial charge in [0.05, 0.1) is 0 Å². The molecule has 5 aromatic carbocycles. The molecule has 5 aromatic rings. The molecule has 1 heterocycles. The zero-order valence-corrected chi connectivity index (χ0v) is 18.7. The zero-order chi connectivity index (χ0) is 23.5. The number of aromatic hydroxyl groups is 4. The molecule has 0 aromatic heterocycles. The molecular weight excluding hydrogens is 456 g/mol. The molecule has 0 saturated carbocycles. The van der Waals surface area contributed by atoms with E-state index in [1.54, 1.807) is 12.1 Å². The minimum absolute atomic E-state index is 0.0715. The van der Waals surface area contributed by atoms with E-state index < -0.39 is 30.9 Å². The highest BCUT2D eigenvalue weighted by atomic mass is 32.3. The maximum atomic E-state index is 14.2. The molecule has 34 heavy (non-hydrogen) atoms. The number of benzene rings is 5. The van der Waals surface area contributed by atoms with E-state index in [9.17, 15) is 33.7 Å². The molecule has 1 aliphatic heterocycles. The Balaban J connectivity index is 1.88. The molecule has 0 fully saturated rings. The molecular formula is C26H20O7S. The van der Waals surface area contributed by atoms with Crippen LogP contribution in [0.2, 0.25) is 0 Å². The Hall–Kier alpha value is -3.33. The molecule has 0 spiro atoms. The lowest BCUT2D eigenvalue weighted by atomic mass is 9.78. The van der Waals surface area contributed by atoms with Crippen LogP contribution >= 0.6 is 0 Å². The van der Waals surface area contributed by atoms with Crippen LogP contribution in [0.3, 0.4) is 0 Å². The van der Waals surface area contributed by atoms with Crippen LogP contribution in [0.1, 0.15) is 35.1 Å². The number of fused-ring (bicyclic) bond motifs is 1. The van der Waals surface area contributed by atoms with Crippen LogP contribution in [0.5, 0.6) is 23.0 Å². The van der Waals surface area contributed by atoms with Gasteiger partial charge in [0.25, 0.3) is 0 Å². The summed E-state index contributed by atoms with van der Waals surface area (Å²) in [6, 6.07) is 3.29. The molecule has 7 nitrogen and oxygen atoms in total. The Bertz CT molecular complexity index is 1800. The molecule has 172 valence electrons. The predicted octanol–water partition coefficient (Wildman–Crippen LogP) is 5.03. The lowest BCUT2D eigenvalue weighted by molar-refractivity contribution is 0.373. The number of rotatable bonds is 0. The second-order valence-corrected chi connectivity index (χ2v) is 12.5. The highest BCUT2D eigenvalue weighted by Gasteiger charge is 2.52. The Morgan fingerprint density at radius 2 is 0.971 bits per heavy atom. The summed E-state index contributed by atoms with van der Waals surface area (Å²) in [4.78, 5) is -1.00. The van der Waals surface area contributed by atoms with Crippen LogP contribution < -0.4 is 0 Å². The fourth-order valence-electron chi connectivity index (χ4n) is 7.20. The summed E-state index contributed by atoms with van der Waals surface area (Å²) in [6.07, 6.45) is 3.48. The Morgan fingerprint density at radius 3 is 1.38 bits per heavy atom. The van der Waals surface area contributed by atoms with Gasteiger partial charge in [-0.05, 0) is 72.6 Å². The standard InChI is InChI=1S/C26H20O7S/c27-13-7-9-3-1-5-11-15(9)19-17(13)18-14(28)8-10-4-2-6-12-16(10)20(18)22-21(19)25(23(11)29)34(31,32,33)26(22)24(12)30/h7-8,27-30H,1-6H2,(H2,31,32,33). The van der Waals surface area contributed by atoms with Crippen LogP contribution in [0.25, 0.3) is 43.1 Å². The summed E-state index contributed by atoms with van der Waals surface area (Å²) in [5, 5.41) is 48.3. The van der Waals surface area contributed by atoms with Crippen molar-refractivity contribution in [3.63, 3.8) is 0 Å². The Kier molecular flexibility index (Phi) is 2.89. The topological polar surface area (TPSA) is 138 Å². The fourth-order valence-corrected chi connectivity index (χ4v) is 9.50. The van der Waals surface area contributed by atoms with Crippen LogP contribution in [-0.2, 0) is 35.3 Å². The van der Waals surface area contributed by atoms with Gasteiger partial charge >= 0.3 is 0 Å². The summed E-state index contributed by atoms with van der Waals surface area (Å²) in [7, 11) is -5.89. The Morgan fingerprint density at radius 1 is 0.559 bits per heavy atom. The van der Waals surface area contributed by atoms with Gasteiger partial charge in [0.2, 0.25) is 0 Å². The van der Waals surface area contributed by atoms with E-state index in [2.05, 4.69) is 0 Å². The van der Waals surface area contributed by atoms with Gasteiger partial charge in [0.15, 0.2) is 0 Å². The summed E-state index contributed by atoms with van der Waals surface area (Å²) >= 11 is 0. The maximum absolute atomic E-state index is 14.2. The molecule has 0 radical (unpaired) electrons. The van der Waals surface area contributed by atoms with Crippen molar-refractivity contribution >= 4 is 52.7 Å². The van der Waals surface area contributed by atoms with Gasteiger partial charge in [-0.15, -0.1) is 0 Å². The van der Waals surface area contributed by atoms with Gasteiger partial charge in [0.1, 0.15) is 42.4 Å². The number of hydrogen-bond acceptors (Lipinski definition) is 5. The monoisotopic (exact) mass is 476 g/mol. The first kappa shape index (κ1) is 19.0. The minimum Gasteiger partial charge on any atom is -0.507 e. The van der Waals surface area contributed by atoms with Crippen molar-refractivity contribution in [3.8, 4) is 23.0 Å². The molecule has 2 aliphatic carbocycles. The van der Waals surface area contributed by atoms with Gasteiger partial charge < -0.3 is 29.5 Å². The molecule has 6 N–H and O–H groups in total. The molecule has 0 unspecified atom stereocenters. The average molecular weight is 477 g/mol. The van der Waals surface area contributed by atoms with E-state index in [0.717, 1.165) is 11.1 Å². The van der Waals surface area contributed by atoms with Gasteiger partial charge in [-0.1, -0.05) is 0 Å². The molecule has 0 atom stereocenters. The smallest absolute Gasteiger partial charge is 0.144 e. The van der Waals surface area contributed by atoms with Gasteiger partial charge in [-0.2, -0.15) is 0 Å². The second-order valence-electron chi connectivity index (χ2n) is 9.99. The first-order chi connectivity index (χ1) is 16.1. The zero-order valence-electron chi connectivity index (χ0n) is 17.9. The maximum Gasteiger partial charge on any atom is 0.144 e. The van der Waals surface area contributed by atoms with E-state index >= 15 is 0 Å². The summed E-state index contributed by atoms with van der Waals surface area (Å²) in [5.41, 5.74) is 2.46. The summed E-state index contributed by atoms with van der Waals surface area (Å²) < 4.78 is 37.1. The van der Waals surface area contributed by atoms with Crippen LogP contribution in [0.15, 0.2) is 21.9 Å². The first-order valence-electron chi connectivity index (χ1n) is 11.4. The predicted molar refractivity (Wildman–Crippen MR) is 128 cm³/mol. The van der Waals surface area contributed by atoms with Crippen molar-refractivity contribution in [2.75, 3.05) is 0 Å². The summed E-state index contributed by atoms with van der Waals surface area (Å²) in [5.74, 6) is -1.02. The van der Waals surface area contributed by atoms with Gasteiger partial charge in [0, 0.05) is 43.4 Å². The molecule has 8 heteroatoms. The molecule has 0 amide bonds. The lowest BCUT2D eigenvalue weighted by Gasteiger charge is -2.31. The van der Waals surface area contributed by atoms with E-state index in [1.165, 1.54) is 0 Å². The van der Waals surface area contributed by atoms with Crippen molar-refractivity contribution in [2.45, 2.75) is 48.3 Å². The lowest BCUT2D eigenvalue weighted by Crippen LogP contribution is -2.30. The first-order valence-corrected chi connectivity index (χ1v) is 13.3. The van der Waals surface area contributed by atoms with E-state index in [0.29, 0.717) is 82.0 Å². The van der Waals surface area contributed by atoms with E-state index in [4.69, 9.17) is 0 Å². The van der Waals surface area contributed by atoms with Crippen molar-refractivity contribution in [1.29, 1.82) is 0 Å².